The van der Waals surface area contributed by atoms with E-state index in [1.165, 1.54) is 251 Å². The number of unbranched alkanes of at least 4 members (excludes halogenated alkanes) is 22. The van der Waals surface area contributed by atoms with Crippen LogP contribution in [-0.4, -0.2) is 74.2 Å². The Morgan fingerprint density at radius 1 is 0.413 bits per heavy atom. The van der Waals surface area contributed by atoms with Gasteiger partial charge in [0.1, 0.15) is 0 Å². The normalized spacial score (nSPS) is 14.4. The van der Waals surface area contributed by atoms with Gasteiger partial charge in [-0.05, 0) is 122 Å². The number of hydrogen-bond acceptors (Lipinski definition) is 6. The Bertz CT molecular complexity index is 891. The smallest absolute Gasteiger partial charge is 0.308 e. The van der Waals surface area contributed by atoms with Crippen LogP contribution < -0.4 is 0 Å². The van der Waals surface area contributed by atoms with Gasteiger partial charge in [0.05, 0.1) is 25.0 Å². The summed E-state index contributed by atoms with van der Waals surface area (Å²) in [5.74, 6) is 1.15. The number of nitrogens with zero attached hydrogens (tertiary/aromatic N) is 2. The molecule has 0 aliphatic carbocycles. The molecular formula is C57H112N2O4. The van der Waals surface area contributed by atoms with E-state index in [2.05, 4.69) is 51.3 Å². The van der Waals surface area contributed by atoms with Gasteiger partial charge in [-0.15, -0.1) is 0 Å². The highest BCUT2D eigenvalue weighted by Crippen LogP contribution is 2.23. The zero-order valence-electron chi connectivity index (χ0n) is 43.7. The van der Waals surface area contributed by atoms with Gasteiger partial charge in [-0.3, -0.25) is 9.59 Å². The summed E-state index contributed by atoms with van der Waals surface area (Å²) in [4.78, 5) is 31.4. The molecule has 0 N–H and O–H groups in total. The summed E-state index contributed by atoms with van der Waals surface area (Å²) < 4.78 is 12.0. The van der Waals surface area contributed by atoms with Gasteiger partial charge in [0.2, 0.25) is 0 Å². The molecular weight excluding hydrogens is 777 g/mol. The molecule has 1 saturated heterocycles. The van der Waals surface area contributed by atoms with Crippen LogP contribution in [0.1, 0.15) is 279 Å². The van der Waals surface area contributed by atoms with E-state index in [1.54, 1.807) is 0 Å². The Balaban J connectivity index is 2.39. The Morgan fingerprint density at radius 3 is 1.06 bits per heavy atom. The molecule has 2 atom stereocenters. The minimum atomic E-state index is 0.00708. The van der Waals surface area contributed by atoms with Gasteiger partial charge in [-0.2, -0.15) is 0 Å². The first-order valence-corrected chi connectivity index (χ1v) is 28.6. The lowest BCUT2D eigenvalue weighted by Crippen LogP contribution is -2.30. The van der Waals surface area contributed by atoms with E-state index in [-0.39, 0.29) is 23.8 Å². The quantitative estimate of drug-likeness (QED) is 0.0448. The van der Waals surface area contributed by atoms with Crippen molar-refractivity contribution in [3.05, 3.63) is 0 Å². The summed E-state index contributed by atoms with van der Waals surface area (Å²) in [5.41, 5.74) is 0. The molecule has 0 amide bonds. The maximum Gasteiger partial charge on any atom is 0.308 e. The zero-order valence-corrected chi connectivity index (χ0v) is 43.7. The molecule has 0 aromatic heterocycles. The first-order chi connectivity index (χ1) is 30.8. The second-order valence-electron chi connectivity index (χ2n) is 20.8. The predicted molar refractivity (Wildman–Crippen MR) is 274 cm³/mol. The first-order valence-electron chi connectivity index (χ1n) is 28.6. The zero-order chi connectivity index (χ0) is 45.9. The Labute approximate surface area is 394 Å². The van der Waals surface area contributed by atoms with Gasteiger partial charge in [0, 0.05) is 0 Å². The van der Waals surface area contributed by atoms with Crippen LogP contribution in [0.5, 0.6) is 0 Å². The van der Waals surface area contributed by atoms with Gasteiger partial charge >= 0.3 is 11.9 Å². The number of rotatable bonds is 48. The van der Waals surface area contributed by atoms with Crippen molar-refractivity contribution < 1.29 is 19.1 Å². The van der Waals surface area contributed by atoms with Crippen molar-refractivity contribution in [3.63, 3.8) is 0 Å². The fraction of sp³-hybridized carbons (Fsp3) is 0.965. The van der Waals surface area contributed by atoms with Crippen LogP contribution in [-0.2, 0) is 19.1 Å². The van der Waals surface area contributed by atoms with Crippen molar-refractivity contribution in [3.8, 4) is 0 Å². The average molecular weight is 890 g/mol. The summed E-state index contributed by atoms with van der Waals surface area (Å²) >= 11 is 0. The van der Waals surface area contributed by atoms with E-state index >= 15 is 0 Å². The maximum absolute atomic E-state index is 13.0. The monoisotopic (exact) mass is 889 g/mol. The van der Waals surface area contributed by atoms with Crippen molar-refractivity contribution in [1.82, 2.24) is 9.80 Å². The molecule has 2 unspecified atom stereocenters. The van der Waals surface area contributed by atoms with Crippen molar-refractivity contribution in [2.45, 2.75) is 279 Å². The van der Waals surface area contributed by atoms with Crippen molar-refractivity contribution in [2.24, 2.45) is 23.7 Å². The molecule has 1 aliphatic rings. The second-order valence-corrected chi connectivity index (χ2v) is 20.8. The third-order valence-corrected chi connectivity index (χ3v) is 14.5. The third-order valence-electron chi connectivity index (χ3n) is 14.5. The molecule has 0 bridgehead atoms. The van der Waals surface area contributed by atoms with Gasteiger partial charge in [-0.25, -0.2) is 0 Å². The van der Waals surface area contributed by atoms with Crippen LogP contribution in [0, 0.1) is 23.7 Å². The summed E-state index contributed by atoms with van der Waals surface area (Å²) in [6, 6.07) is 0. The number of carbonyl (C=O) groups is 2. The molecule has 0 aromatic carbocycles. The highest BCUT2D eigenvalue weighted by atomic mass is 16.5. The molecule has 1 aliphatic heterocycles. The lowest BCUT2D eigenvalue weighted by Gasteiger charge is -2.24. The minimum Gasteiger partial charge on any atom is -0.465 e. The lowest BCUT2D eigenvalue weighted by atomic mass is 9.95. The highest BCUT2D eigenvalue weighted by Gasteiger charge is 2.19. The molecule has 0 spiro atoms. The van der Waals surface area contributed by atoms with E-state index in [0.29, 0.717) is 25.0 Å². The lowest BCUT2D eigenvalue weighted by molar-refractivity contribution is -0.150. The van der Waals surface area contributed by atoms with E-state index in [1.807, 2.05) is 0 Å². The number of esters is 2. The van der Waals surface area contributed by atoms with Crippen LogP contribution >= 0.6 is 0 Å². The van der Waals surface area contributed by atoms with E-state index in [4.69, 9.17) is 9.47 Å². The average Bonchev–Trinajstić information content (AvgIpc) is 3.81. The molecule has 1 heterocycles. The molecule has 0 aromatic rings. The predicted octanol–water partition coefficient (Wildman–Crippen LogP) is 16.7. The Hall–Kier alpha value is -1.14. The number of carbonyl (C=O) groups excluding carboxylic acids is 2. The van der Waals surface area contributed by atoms with Crippen molar-refractivity contribution >= 4 is 11.9 Å². The maximum atomic E-state index is 13.0. The molecule has 374 valence electrons. The van der Waals surface area contributed by atoms with Gasteiger partial charge in [0.15, 0.2) is 0 Å². The third kappa shape index (κ3) is 36.6. The largest absolute Gasteiger partial charge is 0.465 e. The number of likely N-dealkylation sites (tertiary alicyclic amines) is 1. The standard InChI is InChI=1S/C57H112N2O4/c1-7-11-15-19-29-40-54(41-30-20-16-12-8-2)50-62-56(60)52(5)38-27-23-25-33-44-58(48-37-49-59-46-35-36-47-59)45-34-26-24-28-39-53(6)57(61)63-51-55(42-31-21-17-13-9-3)43-32-22-18-14-10-4/h52-55H,7-51H2,1-6H3. The molecule has 63 heavy (non-hydrogen) atoms. The molecule has 6 heteroatoms. The molecule has 1 fully saturated rings. The second kappa shape index (κ2) is 44.7. The minimum absolute atomic E-state index is 0.00708. The van der Waals surface area contributed by atoms with Crippen molar-refractivity contribution in [2.75, 3.05) is 52.5 Å². The summed E-state index contributed by atoms with van der Waals surface area (Å²) in [6.45, 7) is 22.0. The Morgan fingerprint density at radius 2 is 0.714 bits per heavy atom. The number of ether oxygens (including phenoxy) is 2. The molecule has 6 nitrogen and oxygen atoms in total. The Kier molecular flexibility index (Phi) is 42.5. The van der Waals surface area contributed by atoms with Crippen LogP contribution in [0.25, 0.3) is 0 Å². The summed E-state index contributed by atoms with van der Waals surface area (Å²) in [5, 5.41) is 0. The van der Waals surface area contributed by atoms with Crippen LogP contribution in [0.2, 0.25) is 0 Å². The van der Waals surface area contributed by atoms with Gasteiger partial charge in [0.25, 0.3) is 0 Å². The highest BCUT2D eigenvalue weighted by molar-refractivity contribution is 5.72. The fourth-order valence-electron chi connectivity index (χ4n) is 9.83. The van der Waals surface area contributed by atoms with E-state index in [9.17, 15) is 9.59 Å². The molecule has 1 rings (SSSR count). The van der Waals surface area contributed by atoms with E-state index < -0.39 is 0 Å². The summed E-state index contributed by atoms with van der Waals surface area (Å²) in [7, 11) is 0. The SMILES string of the molecule is CCCCCCCC(CCCCCCC)COC(=O)C(C)CCCCCCN(CCCCCCC(C)C(=O)OCC(CCCCCCC)CCCCCCC)CCCN1CCCC1. The van der Waals surface area contributed by atoms with Crippen LogP contribution in [0.3, 0.4) is 0 Å². The van der Waals surface area contributed by atoms with E-state index in [0.717, 1.165) is 25.7 Å². The summed E-state index contributed by atoms with van der Waals surface area (Å²) in [6.07, 6.45) is 46.7. The van der Waals surface area contributed by atoms with Crippen molar-refractivity contribution in [1.29, 1.82) is 0 Å². The van der Waals surface area contributed by atoms with Crippen LogP contribution in [0.15, 0.2) is 0 Å². The first kappa shape index (κ1) is 59.9. The topological polar surface area (TPSA) is 59.1 Å². The van der Waals surface area contributed by atoms with Gasteiger partial charge < -0.3 is 19.3 Å². The van der Waals surface area contributed by atoms with Crippen LogP contribution in [0.4, 0.5) is 0 Å². The molecule has 0 saturated carbocycles. The van der Waals surface area contributed by atoms with Gasteiger partial charge in [-0.1, -0.05) is 208 Å². The fourth-order valence-corrected chi connectivity index (χ4v) is 9.83. The number of hydrogen-bond donors (Lipinski definition) is 0. The molecule has 0 radical (unpaired) electrons.